The van der Waals surface area contributed by atoms with Crippen molar-refractivity contribution in [3.05, 3.63) is 0 Å². The second-order valence-corrected chi connectivity index (χ2v) is 5.95. The molecule has 1 fully saturated rings. The van der Waals surface area contributed by atoms with Gasteiger partial charge in [0.2, 0.25) is 0 Å². The van der Waals surface area contributed by atoms with E-state index in [4.69, 9.17) is 0 Å². The second-order valence-electron chi connectivity index (χ2n) is 5.95. The first-order valence-corrected chi connectivity index (χ1v) is 6.96. The van der Waals surface area contributed by atoms with Crippen LogP contribution in [0.3, 0.4) is 0 Å². The molecule has 1 aliphatic rings. The topological polar surface area (TPSA) is 15.3 Å². The maximum atomic E-state index is 3.81. The summed E-state index contributed by atoms with van der Waals surface area (Å²) in [4.78, 5) is 2.70. The lowest BCUT2D eigenvalue weighted by atomic mass is 9.85. The van der Waals surface area contributed by atoms with Crippen LogP contribution in [0.25, 0.3) is 0 Å². The molecular formula is C14H30N2. The van der Waals surface area contributed by atoms with Crippen molar-refractivity contribution in [2.24, 2.45) is 5.92 Å². The van der Waals surface area contributed by atoms with Crippen molar-refractivity contribution in [2.75, 3.05) is 13.1 Å². The smallest absolute Gasteiger partial charge is 0.0304 e. The van der Waals surface area contributed by atoms with Crippen LogP contribution in [0, 0.1) is 5.92 Å². The molecule has 1 saturated heterocycles. The minimum absolute atomic E-state index is 0.357. The van der Waals surface area contributed by atoms with Crippen LogP contribution in [-0.4, -0.2) is 35.6 Å². The molecule has 16 heavy (non-hydrogen) atoms. The zero-order valence-corrected chi connectivity index (χ0v) is 12.0. The van der Waals surface area contributed by atoms with Crippen LogP contribution in [0.4, 0.5) is 0 Å². The predicted molar refractivity (Wildman–Crippen MR) is 71.8 cm³/mol. The molecule has 0 saturated carbocycles. The normalized spacial score (nSPS) is 26.6. The Balaban J connectivity index is 2.79. The van der Waals surface area contributed by atoms with E-state index in [-0.39, 0.29) is 0 Å². The van der Waals surface area contributed by atoms with Gasteiger partial charge in [-0.1, -0.05) is 27.7 Å². The summed E-state index contributed by atoms with van der Waals surface area (Å²) < 4.78 is 0. The van der Waals surface area contributed by atoms with Crippen molar-refractivity contribution in [3.8, 4) is 0 Å². The lowest BCUT2D eigenvalue weighted by Gasteiger charge is -2.50. The minimum atomic E-state index is 0.357. The van der Waals surface area contributed by atoms with Gasteiger partial charge in [-0.3, -0.25) is 4.90 Å². The molecule has 2 heteroatoms. The summed E-state index contributed by atoms with van der Waals surface area (Å²) in [6.45, 7) is 16.3. The van der Waals surface area contributed by atoms with Gasteiger partial charge in [0.15, 0.2) is 0 Å². The van der Waals surface area contributed by atoms with Crippen molar-refractivity contribution in [1.82, 2.24) is 10.2 Å². The Bertz CT molecular complexity index is 207. The summed E-state index contributed by atoms with van der Waals surface area (Å²) in [5.41, 5.74) is 0.357. The fourth-order valence-corrected chi connectivity index (χ4v) is 2.87. The average Bonchev–Trinajstić information content (AvgIpc) is 2.27. The highest BCUT2D eigenvalue weighted by atomic mass is 15.3. The third-order valence-corrected chi connectivity index (χ3v) is 4.38. The van der Waals surface area contributed by atoms with E-state index >= 15 is 0 Å². The summed E-state index contributed by atoms with van der Waals surface area (Å²) in [6.07, 6.45) is 2.47. The van der Waals surface area contributed by atoms with Crippen LogP contribution in [0.2, 0.25) is 0 Å². The molecular weight excluding hydrogens is 196 g/mol. The van der Waals surface area contributed by atoms with Gasteiger partial charge in [-0.05, 0) is 32.6 Å². The lowest BCUT2D eigenvalue weighted by molar-refractivity contribution is 0.0274. The number of hydrogen-bond acceptors (Lipinski definition) is 2. The molecule has 1 aliphatic heterocycles. The molecule has 1 atom stereocenters. The Labute approximate surface area is 102 Å². The van der Waals surface area contributed by atoms with E-state index in [1.54, 1.807) is 0 Å². The van der Waals surface area contributed by atoms with E-state index in [1.807, 2.05) is 0 Å². The molecule has 1 rings (SSSR count). The summed E-state index contributed by atoms with van der Waals surface area (Å²) in [7, 11) is 0. The van der Waals surface area contributed by atoms with Gasteiger partial charge in [-0.15, -0.1) is 0 Å². The highest BCUT2D eigenvalue weighted by Gasteiger charge is 2.38. The molecule has 0 amide bonds. The van der Waals surface area contributed by atoms with Crippen LogP contribution in [-0.2, 0) is 0 Å². The van der Waals surface area contributed by atoms with Gasteiger partial charge in [0, 0.05) is 30.7 Å². The Hall–Kier alpha value is -0.0800. The molecule has 0 aromatic carbocycles. The maximum absolute atomic E-state index is 3.81. The monoisotopic (exact) mass is 226 g/mol. The number of nitrogens with zero attached hydrogens (tertiary/aromatic N) is 1. The van der Waals surface area contributed by atoms with Crippen LogP contribution < -0.4 is 5.32 Å². The number of hydrogen-bond donors (Lipinski definition) is 1. The Morgan fingerprint density at radius 3 is 2.12 bits per heavy atom. The Morgan fingerprint density at radius 2 is 1.75 bits per heavy atom. The molecule has 0 radical (unpaired) electrons. The van der Waals surface area contributed by atoms with E-state index in [0.717, 1.165) is 12.5 Å². The third kappa shape index (κ3) is 2.78. The predicted octanol–water partition coefficient (Wildman–Crippen LogP) is 2.88. The van der Waals surface area contributed by atoms with Crippen molar-refractivity contribution >= 4 is 0 Å². The third-order valence-electron chi connectivity index (χ3n) is 4.38. The Kier molecular flexibility index (Phi) is 4.81. The second kappa shape index (κ2) is 5.50. The van der Waals surface area contributed by atoms with Crippen LogP contribution in [0.15, 0.2) is 0 Å². The fraction of sp³-hybridized carbons (Fsp3) is 1.00. The first-order valence-electron chi connectivity index (χ1n) is 6.96. The number of piperazine rings is 1. The molecule has 0 aliphatic carbocycles. The van der Waals surface area contributed by atoms with Crippen molar-refractivity contribution < 1.29 is 0 Å². The van der Waals surface area contributed by atoms with Gasteiger partial charge in [-0.2, -0.15) is 0 Å². The van der Waals surface area contributed by atoms with E-state index in [1.165, 1.54) is 19.4 Å². The molecule has 2 nitrogen and oxygen atoms in total. The molecule has 1 heterocycles. The maximum Gasteiger partial charge on any atom is 0.0304 e. The average molecular weight is 226 g/mol. The molecule has 0 bridgehead atoms. The highest BCUT2D eigenvalue weighted by molar-refractivity contribution is 4.98. The largest absolute Gasteiger partial charge is 0.308 e. The molecule has 0 spiro atoms. The van der Waals surface area contributed by atoms with Crippen LogP contribution in [0.1, 0.15) is 54.4 Å². The first kappa shape index (κ1) is 14.0. The first-order chi connectivity index (χ1) is 7.45. The van der Waals surface area contributed by atoms with Crippen LogP contribution >= 0.6 is 0 Å². The Morgan fingerprint density at radius 1 is 1.19 bits per heavy atom. The summed E-state index contributed by atoms with van der Waals surface area (Å²) in [5.74, 6) is 0.738. The minimum Gasteiger partial charge on any atom is -0.308 e. The molecule has 1 unspecified atom stereocenters. The van der Waals surface area contributed by atoms with Crippen molar-refractivity contribution in [1.29, 1.82) is 0 Å². The molecule has 0 aromatic heterocycles. The van der Waals surface area contributed by atoms with Crippen molar-refractivity contribution in [2.45, 2.75) is 72.0 Å². The summed E-state index contributed by atoms with van der Waals surface area (Å²) in [5, 5.41) is 3.81. The number of rotatable bonds is 4. The van der Waals surface area contributed by atoms with Gasteiger partial charge in [0.1, 0.15) is 0 Å². The summed E-state index contributed by atoms with van der Waals surface area (Å²) >= 11 is 0. The van der Waals surface area contributed by atoms with E-state index in [0.29, 0.717) is 17.6 Å². The molecule has 96 valence electrons. The molecule has 0 aromatic rings. The highest BCUT2D eigenvalue weighted by Crippen LogP contribution is 2.26. The summed E-state index contributed by atoms with van der Waals surface area (Å²) in [6, 6.07) is 1.36. The zero-order valence-electron chi connectivity index (χ0n) is 12.0. The van der Waals surface area contributed by atoms with Gasteiger partial charge in [0.05, 0.1) is 0 Å². The molecule has 1 N–H and O–H groups in total. The number of nitrogens with one attached hydrogen (secondary N) is 1. The SMILES string of the molecule is CCC1(CC)CN(C(C)C)C(C(C)C)CN1. The van der Waals surface area contributed by atoms with E-state index < -0.39 is 0 Å². The quantitative estimate of drug-likeness (QED) is 0.793. The van der Waals surface area contributed by atoms with Crippen molar-refractivity contribution in [3.63, 3.8) is 0 Å². The fourth-order valence-electron chi connectivity index (χ4n) is 2.87. The van der Waals surface area contributed by atoms with Crippen LogP contribution in [0.5, 0.6) is 0 Å². The van der Waals surface area contributed by atoms with Gasteiger partial charge < -0.3 is 5.32 Å². The van der Waals surface area contributed by atoms with E-state index in [9.17, 15) is 0 Å². The van der Waals surface area contributed by atoms with Gasteiger partial charge in [0.25, 0.3) is 0 Å². The zero-order chi connectivity index (χ0) is 12.3. The lowest BCUT2D eigenvalue weighted by Crippen LogP contribution is -2.66. The van der Waals surface area contributed by atoms with E-state index in [2.05, 4.69) is 51.8 Å². The van der Waals surface area contributed by atoms with Gasteiger partial charge in [-0.25, -0.2) is 0 Å². The van der Waals surface area contributed by atoms with Gasteiger partial charge >= 0.3 is 0 Å². The standard InChI is InChI=1S/C14H30N2/c1-7-14(8-2)10-16(12(5)6)13(9-15-14)11(3)4/h11-13,15H,7-10H2,1-6H3.